The zero-order valence-electron chi connectivity index (χ0n) is 9.23. The number of H-pyrrole nitrogens is 1. The summed E-state index contributed by atoms with van der Waals surface area (Å²) in [5.74, 6) is 0. The third-order valence-corrected chi connectivity index (χ3v) is 2.56. The van der Waals surface area contributed by atoms with Crippen LogP contribution < -0.4 is 11.3 Å². The first-order valence-electron chi connectivity index (χ1n) is 5.23. The molecular formula is C12H15N3O. The molecule has 2 aromatic rings. The lowest BCUT2D eigenvalue weighted by Gasteiger charge is -2.02. The van der Waals surface area contributed by atoms with Crippen molar-refractivity contribution in [2.45, 2.75) is 20.0 Å². The number of aryl methyl sites for hydroxylation is 1. The SMILES string of the molecule is Cc1cccc(Cn2[nH]cc(CN)c2=O)c1. The average Bonchev–Trinajstić information content (AvgIpc) is 2.60. The fraction of sp³-hybridized carbons (Fsp3) is 0.250. The summed E-state index contributed by atoms with van der Waals surface area (Å²) in [6.07, 6.45) is 1.66. The molecule has 0 aliphatic heterocycles. The second-order valence-electron chi connectivity index (χ2n) is 3.88. The number of aromatic amines is 1. The van der Waals surface area contributed by atoms with Crippen molar-refractivity contribution in [1.29, 1.82) is 0 Å². The van der Waals surface area contributed by atoms with Crippen LogP contribution in [0.1, 0.15) is 16.7 Å². The number of hydrogen-bond donors (Lipinski definition) is 2. The van der Waals surface area contributed by atoms with Gasteiger partial charge in [-0.25, -0.2) is 4.68 Å². The van der Waals surface area contributed by atoms with Crippen LogP contribution in [-0.4, -0.2) is 9.78 Å². The van der Waals surface area contributed by atoms with E-state index in [9.17, 15) is 4.79 Å². The van der Waals surface area contributed by atoms with Crippen LogP contribution in [0.15, 0.2) is 35.3 Å². The van der Waals surface area contributed by atoms with Crippen LogP contribution in [0.2, 0.25) is 0 Å². The second-order valence-corrected chi connectivity index (χ2v) is 3.88. The molecule has 0 unspecified atom stereocenters. The van der Waals surface area contributed by atoms with Gasteiger partial charge in [0.1, 0.15) is 0 Å². The molecule has 0 fully saturated rings. The first kappa shape index (κ1) is 10.7. The zero-order valence-corrected chi connectivity index (χ0v) is 9.23. The molecule has 1 aromatic carbocycles. The number of benzene rings is 1. The van der Waals surface area contributed by atoms with Crippen molar-refractivity contribution in [3.63, 3.8) is 0 Å². The Morgan fingerprint density at radius 1 is 1.44 bits per heavy atom. The number of nitrogens with one attached hydrogen (secondary N) is 1. The molecule has 0 bridgehead atoms. The Morgan fingerprint density at radius 3 is 2.88 bits per heavy atom. The molecule has 0 spiro atoms. The van der Waals surface area contributed by atoms with Crippen LogP contribution in [-0.2, 0) is 13.1 Å². The van der Waals surface area contributed by atoms with Crippen LogP contribution in [0.5, 0.6) is 0 Å². The molecule has 1 aromatic heterocycles. The third kappa shape index (κ3) is 2.06. The summed E-state index contributed by atoms with van der Waals surface area (Å²) in [6.45, 7) is 2.86. The Labute approximate surface area is 93.7 Å². The maximum atomic E-state index is 11.7. The van der Waals surface area contributed by atoms with E-state index in [1.165, 1.54) is 5.56 Å². The Kier molecular flexibility index (Phi) is 2.92. The number of rotatable bonds is 3. The minimum absolute atomic E-state index is 0.0380. The second kappa shape index (κ2) is 4.37. The van der Waals surface area contributed by atoms with Gasteiger partial charge in [0.25, 0.3) is 5.56 Å². The summed E-state index contributed by atoms with van der Waals surface area (Å²) in [5.41, 5.74) is 8.32. The van der Waals surface area contributed by atoms with E-state index in [4.69, 9.17) is 5.73 Å². The fourth-order valence-corrected chi connectivity index (χ4v) is 1.71. The molecule has 1 heterocycles. The lowest BCUT2D eigenvalue weighted by atomic mass is 10.1. The lowest BCUT2D eigenvalue weighted by molar-refractivity contribution is 0.661. The fourth-order valence-electron chi connectivity index (χ4n) is 1.71. The Balaban J connectivity index is 2.27. The van der Waals surface area contributed by atoms with E-state index in [2.05, 4.69) is 11.2 Å². The van der Waals surface area contributed by atoms with Gasteiger partial charge in [-0.3, -0.25) is 4.79 Å². The largest absolute Gasteiger partial charge is 0.326 e. The predicted molar refractivity (Wildman–Crippen MR) is 63.2 cm³/mol. The van der Waals surface area contributed by atoms with Gasteiger partial charge < -0.3 is 10.8 Å². The predicted octanol–water partition coefficient (Wildman–Crippen LogP) is 0.992. The van der Waals surface area contributed by atoms with Gasteiger partial charge in [0.2, 0.25) is 0 Å². The summed E-state index contributed by atoms with van der Waals surface area (Å²) in [7, 11) is 0. The highest BCUT2D eigenvalue weighted by Crippen LogP contribution is 2.04. The molecule has 2 rings (SSSR count). The standard InChI is InChI=1S/C12H15N3O/c1-9-3-2-4-10(5-9)8-15-12(16)11(6-13)7-14-15/h2-5,7,14H,6,8,13H2,1H3. The van der Waals surface area contributed by atoms with Gasteiger partial charge in [-0.2, -0.15) is 0 Å². The number of nitrogens with zero attached hydrogens (tertiary/aromatic N) is 1. The maximum absolute atomic E-state index is 11.7. The average molecular weight is 217 g/mol. The van der Waals surface area contributed by atoms with Gasteiger partial charge >= 0.3 is 0 Å². The first-order chi connectivity index (χ1) is 7.70. The van der Waals surface area contributed by atoms with Crippen molar-refractivity contribution in [2.75, 3.05) is 0 Å². The Hall–Kier alpha value is -1.81. The Bertz CT molecular complexity index is 539. The van der Waals surface area contributed by atoms with Crippen molar-refractivity contribution in [3.8, 4) is 0 Å². The maximum Gasteiger partial charge on any atom is 0.271 e. The highest BCUT2D eigenvalue weighted by molar-refractivity contribution is 5.22. The van der Waals surface area contributed by atoms with Crippen molar-refractivity contribution >= 4 is 0 Å². The summed E-state index contributed by atoms with van der Waals surface area (Å²) in [5, 5.41) is 2.92. The van der Waals surface area contributed by atoms with Crippen LogP contribution in [0, 0.1) is 6.92 Å². The topological polar surface area (TPSA) is 63.8 Å². The van der Waals surface area contributed by atoms with Gasteiger partial charge in [0, 0.05) is 18.3 Å². The van der Waals surface area contributed by atoms with E-state index >= 15 is 0 Å². The third-order valence-electron chi connectivity index (χ3n) is 2.56. The molecule has 0 atom stereocenters. The molecule has 0 amide bonds. The monoisotopic (exact) mass is 217 g/mol. The van der Waals surface area contributed by atoms with Gasteiger partial charge in [0.15, 0.2) is 0 Å². The summed E-state index contributed by atoms with van der Waals surface area (Å²) in [6, 6.07) is 8.09. The number of hydrogen-bond acceptors (Lipinski definition) is 2. The van der Waals surface area contributed by atoms with Crippen LogP contribution in [0.4, 0.5) is 0 Å². The van der Waals surface area contributed by atoms with Crippen molar-refractivity contribution in [1.82, 2.24) is 9.78 Å². The molecule has 0 radical (unpaired) electrons. The molecule has 16 heavy (non-hydrogen) atoms. The first-order valence-corrected chi connectivity index (χ1v) is 5.23. The molecular weight excluding hydrogens is 202 g/mol. The van der Waals surface area contributed by atoms with Crippen LogP contribution in [0.3, 0.4) is 0 Å². The van der Waals surface area contributed by atoms with Crippen LogP contribution in [0.25, 0.3) is 0 Å². The van der Waals surface area contributed by atoms with Gasteiger partial charge in [0.05, 0.1) is 6.54 Å². The quantitative estimate of drug-likeness (QED) is 0.805. The zero-order chi connectivity index (χ0) is 11.5. The summed E-state index contributed by atoms with van der Waals surface area (Å²) < 4.78 is 1.57. The van der Waals surface area contributed by atoms with E-state index < -0.39 is 0 Å². The molecule has 3 N–H and O–H groups in total. The molecule has 0 aliphatic rings. The van der Waals surface area contributed by atoms with E-state index in [0.717, 1.165) is 5.56 Å². The van der Waals surface area contributed by atoms with Crippen LogP contribution >= 0.6 is 0 Å². The van der Waals surface area contributed by atoms with Crippen molar-refractivity contribution in [2.24, 2.45) is 5.73 Å². The normalized spacial score (nSPS) is 10.6. The molecule has 0 saturated carbocycles. The smallest absolute Gasteiger partial charge is 0.271 e. The summed E-state index contributed by atoms with van der Waals surface area (Å²) >= 11 is 0. The number of aromatic nitrogens is 2. The van der Waals surface area contributed by atoms with E-state index in [1.54, 1.807) is 10.9 Å². The minimum Gasteiger partial charge on any atom is -0.326 e. The molecule has 0 aliphatic carbocycles. The number of nitrogens with two attached hydrogens (primary N) is 1. The highest BCUT2D eigenvalue weighted by atomic mass is 16.1. The van der Waals surface area contributed by atoms with E-state index in [1.807, 2.05) is 25.1 Å². The van der Waals surface area contributed by atoms with E-state index in [0.29, 0.717) is 12.1 Å². The van der Waals surface area contributed by atoms with Crippen molar-refractivity contribution < 1.29 is 0 Å². The van der Waals surface area contributed by atoms with Gasteiger partial charge in [-0.15, -0.1) is 0 Å². The van der Waals surface area contributed by atoms with E-state index in [-0.39, 0.29) is 12.1 Å². The van der Waals surface area contributed by atoms with Gasteiger partial charge in [-0.1, -0.05) is 29.8 Å². The highest BCUT2D eigenvalue weighted by Gasteiger charge is 2.04. The Morgan fingerprint density at radius 2 is 2.25 bits per heavy atom. The minimum atomic E-state index is -0.0380. The molecule has 4 heteroatoms. The molecule has 0 saturated heterocycles. The molecule has 84 valence electrons. The summed E-state index contributed by atoms with van der Waals surface area (Å²) in [4.78, 5) is 11.7. The van der Waals surface area contributed by atoms with Gasteiger partial charge in [-0.05, 0) is 12.5 Å². The van der Waals surface area contributed by atoms with Crippen molar-refractivity contribution in [3.05, 3.63) is 57.5 Å². The lowest BCUT2D eigenvalue weighted by Crippen LogP contribution is -2.21. The molecule has 4 nitrogen and oxygen atoms in total.